The van der Waals surface area contributed by atoms with Crippen LogP contribution < -0.4 is 10.1 Å². The summed E-state index contributed by atoms with van der Waals surface area (Å²) >= 11 is 0. The summed E-state index contributed by atoms with van der Waals surface area (Å²) in [6, 6.07) is 8.56. The average molecular weight is 277 g/mol. The third-order valence-corrected chi connectivity index (χ3v) is 3.96. The molecule has 0 saturated carbocycles. The number of ether oxygens (including phenoxy) is 3. The molecule has 0 aliphatic carbocycles. The lowest BCUT2D eigenvalue weighted by Gasteiger charge is -2.32. The molecule has 3 unspecified atom stereocenters. The Labute approximate surface area is 120 Å². The van der Waals surface area contributed by atoms with Crippen LogP contribution in [0.25, 0.3) is 0 Å². The van der Waals surface area contributed by atoms with Crippen LogP contribution in [-0.4, -0.2) is 31.6 Å². The number of benzene rings is 1. The van der Waals surface area contributed by atoms with E-state index in [4.69, 9.17) is 14.2 Å². The van der Waals surface area contributed by atoms with Crippen LogP contribution in [0.5, 0.6) is 5.75 Å². The molecule has 0 bridgehead atoms. The molecule has 4 nitrogen and oxygen atoms in total. The normalized spacial score (nSPS) is 31.6. The van der Waals surface area contributed by atoms with Crippen molar-refractivity contribution in [3.05, 3.63) is 29.8 Å². The van der Waals surface area contributed by atoms with Crippen molar-refractivity contribution < 1.29 is 14.2 Å². The Morgan fingerprint density at radius 1 is 1.25 bits per heavy atom. The third kappa shape index (κ3) is 2.82. The second-order valence-electron chi connectivity index (χ2n) is 6.16. The van der Waals surface area contributed by atoms with Crippen molar-refractivity contribution in [3.63, 3.8) is 0 Å². The average Bonchev–Trinajstić information content (AvgIpc) is 2.77. The van der Waals surface area contributed by atoms with Crippen molar-refractivity contribution >= 4 is 0 Å². The predicted molar refractivity (Wildman–Crippen MR) is 76.7 cm³/mol. The summed E-state index contributed by atoms with van der Waals surface area (Å²) in [5.41, 5.74) is 1.24. The van der Waals surface area contributed by atoms with E-state index in [0.29, 0.717) is 18.6 Å². The molecule has 3 atom stereocenters. The number of nitrogens with one attached hydrogen (secondary N) is 1. The number of hydrogen-bond donors (Lipinski definition) is 1. The highest BCUT2D eigenvalue weighted by molar-refractivity contribution is 5.37. The van der Waals surface area contributed by atoms with Crippen LogP contribution in [0.1, 0.15) is 32.4 Å². The van der Waals surface area contributed by atoms with Crippen molar-refractivity contribution in [1.29, 1.82) is 0 Å². The lowest BCUT2D eigenvalue weighted by molar-refractivity contribution is -0.138. The van der Waals surface area contributed by atoms with Gasteiger partial charge in [0, 0.05) is 24.1 Å². The molecule has 2 aliphatic heterocycles. The standard InChI is InChI=1S/C16H23NO3/c1-11-9-18-14-7-5-4-6-13(14)15(11)17-8-12-10-19-16(2,3)20-12/h4-7,11-12,15,17H,8-10H2,1-3H3. The van der Waals surface area contributed by atoms with Crippen LogP contribution in [0.3, 0.4) is 0 Å². The van der Waals surface area contributed by atoms with Crippen LogP contribution in [-0.2, 0) is 9.47 Å². The number of fused-ring (bicyclic) bond motifs is 1. The van der Waals surface area contributed by atoms with Crippen LogP contribution in [0.15, 0.2) is 24.3 Å². The van der Waals surface area contributed by atoms with E-state index >= 15 is 0 Å². The summed E-state index contributed by atoms with van der Waals surface area (Å²) in [6.45, 7) is 8.33. The van der Waals surface area contributed by atoms with Gasteiger partial charge in [-0.15, -0.1) is 0 Å². The molecule has 0 spiro atoms. The molecule has 0 radical (unpaired) electrons. The van der Waals surface area contributed by atoms with Gasteiger partial charge >= 0.3 is 0 Å². The van der Waals surface area contributed by atoms with Gasteiger partial charge in [-0.3, -0.25) is 0 Å². The largest absolute Gasteiger partial charge is 0.493 e. The highest BCUT2D eigenvalue weighted by atomic mass is 16.7. The van der Waals surface area contributed by atoms with Gasteiger partial charge in [-0.2, -0.15) is 0 Å². The molecule has 2 heterocycles. The van der Waals surface area contributed by atoms with E-state index in [1.54, 1.807) is 0 Å². The molecule has 1 aromatic carbocycles. The highest BCUT2D eigenvalue weighted by Gasteiger charge is 2.34. The van der Waals surface area contributed by atoms with Crippen LogP contribution >= 0.6 is 0 Å². The Morgan fingerprint density at radius 2 is 2.05 bits per heavy atom. The lowest BCUT2D eigenvalue weighted by Crippen LogP contribution is -2.39. The monoisotopic (exact) mass is 277 g/mol. The Hall–Kier alpha value is -1.10. The quantitative estimate of drug-likeness (QED) is 0.921. The van der Waals surface area contributed by atoms with E-state index in [1.165, 1.54) is 5.56 Å². The minimum Gasteiger partial charge on any atom is -0.493 e. The first kappa shape index (κ1) is 13.9. The molecule has 4 heteroatoms. The van der Waals surface area contributed by atoms with Crippen molar-refractivity contribution in [2.45, 2.75) is 38.7 Å². The van der Waals surface area contributed by atoms with E-state index < -0.39 is 5.79 Å². The third-order valence-electron chi connectivity index (χ3n) is 3.96. The first-order valence-electron chi connectivity index (χ1n) is 7.32. The Bertz CT molecular complexity index is 475. The van der Waals surface area contributed by atoms with Gasteiger partial charge in [0.15, 0.2) is 5.79 Å². The zero-order valence-corrected chi connectivity index (χ0v) is 12.4. The van der Waals surface area contributed by atoms with Crippen molar-refractivity contribution in [3.8, 4) is 5.75 Å². The molecule has 1 saturated heterocycles. The second kappa shape index (κ2) is 5.35. The Morgan fingerprint density at radius 3 is 2.80 bits per heavy atom. The summed E-state index contributed by atoms with van der Waals surface area (Å²) in [6.07, 6.45) is 0.118. The maximum absolute atomic E-state index is 5.85. The summed E-state index contributed by atoms with van der Waals surface area (Å²) in [4.78, 5) is 0. The van der Waals surface area contributed by atoms with Crippen LogP contribution in [0, 0.1) is 5.92 Å². The lowest BCUT2D eigenvalue weighted by atomic mass is 9.92. The molecule has 110 valence electrons. The fourth-order valence-electron chi connectivity index (χ4n) is 2.93. The molecule has 1 N–H and O–H groups in total. The number of para-hydroxylation sites is 1. The van der Waals surface area contributed by atoms with E-state index in [2.05, 4.69) is 24.4 Å². The predicted octanol–water partition coefficient (Wildman–Crippen LogP) is 2.50. The fraction of sp³-hybridized carbons (Fsp3) is 0.625. The summed E-state index contributed by atoms with van der Waals surface area (Å²) in [5.74, 6) is 0.984. The smallest absolute Gasteiger partial charge is 0.163 e. The van der Waals surface area contributed by atoms with E-state index in [1.807, 2.05) is 26.0 Å². The number of rotatable bonds is 3. The molecular formula is C16H23NO3. The van der Waals surface area contributed by atoms with Crippen molar-refractivity contribution in [2.75, 3.05) is 19.8 Å². The zero-order valence-electron chi connectivity index (χ0n) is 12.4. The maximum atomic E-state index is 5.85. The maximum Gasteiger partial charge on any atom is 0.163 e. The highest BCUT2D eigenvalue weighted by Crippen LogP contribution is 2.35. The summed E-state index contributed by atoms with van der Waals surface area (Å²) in [5, 5.41) is 3.62. The summed E-state index contributed by atoms with van der Waals surface area (Å²) < 4.78 is 17.2. The Kier molecular flexibility index (Phi) is 3.71. The minimum atomic E-state index is -0.453. The molecule has 1 aromatic rings. The van der Waals surface area contributed by atoms with Crippen molar-refractivity contribution in [2.24, 2.45) is 5.92 Å². The van der Waals surface area contributed by atoms with E-state index in [0.717, 1.165) is 18.9 Å². The van der Waals surface area contributed by atoms with Gasteiger partial charge < -0.3 is 19.5 Å². The van der Waals surface area contributed by atoms with Crippen molar-refractivity contribution in [1.82, 2.24) is 5.32 Å². The van der Waals surface area contributed by atoms with Gasteiger partial charge in [0.2, 0.25) is 0 Å². The second-order valence-corrected chi connectivity index (χ2v) is 6.16. The molecule has 1 fully saturated rings. The minimum absolute atomic E-state index is 0.118. The van der Waals surface area contributed by atoms with Gasteiger partial charge in [0.25, 0.3) is 0 Å². The molecule has 0 amide bonds. The SMILES string of the molecule is CC1COc2ccccc2C1NCC1COC(C)(C)O1. The molecule has 0 aromatic heterocycles. The first-order valence-corrected chi connectivity index (χ1v) is 7.32. The van der Waals surface area contributed by atoms with Gasteiger partial charge in [0.1, 0.15) is 5.75 Å². The molecule has 20 heavy (non-hydrogen) atoms. The zero-order chi connectivity index (χ0) is 14.2. The first-order chi connectivity index (χ1) is 9.55. The van der Waals surface area contributed by atoms with Gasteiger partial charge in [-0.05, 0) is 19.9 Å². The number of hydrogen-bond acceptors (Lipinski definition) is 4. The van der Waals surface area contributed by atoms with Gasteiger partial charge in [0.05, 0.1) is 19.3 Å². The van der Waals surface area contributed by atoms with E-state index in [-0.39, 0.29) is 6.10 Å². The van der Waals surface area contributed by atoms with E-state index in [9.17, 15) is 0 Å². The van der Waals surface area contributed by atoms with Gasteiger partial charge in [-0.25, -0.2) is 0 Å². The molecular weight excluding hydrogens is 254 g/mol. The van der Waals surface area contributed by atoms with Crippen LogP contribution in [0.4, 0.5) is 0 Å². The summed E-state index contributed by atoms with van der Waals surface area (Å²) in [7, 11) is 0. The van der Waals surface area contributed by atoms with Crippen LogP contribution in [0.2, 0.25) is 0 Å². The fourth-order valence-corrected chi connectivity index (χ4v) is 2.93. The Balaban J connectivity index is 1.65. The molecule has 3 rings (SSSR count). The molecule has 2 aliphatic rings. The van der Waals surface area contributed by atoms with Gasteiger partial charge in [-0.1, -0.05) is 25.1 Å². The topological polar surface area (TPSA) is 39.7 Å².